The highest BCUT2D eigenvalue weighted by molar-refractivity contribution is 5.85. The first-order chi connectivity index (χ1) is 5.79. The fourth-order valence-corrected chi connectivity index (χ4v) is 0.910. The molecular weight excluding hydrogens is 206 g/mol. The summed E-state index contributed by atoms with van der Waals surface area (Å²) in [4.78, 5) is 10.1. The van der Waals surface area contributed by atoms with Crippen molar-refractivity contribution in [2.75, 3.05) is 6.54 Å². The molecule has 0 aliphatic heterocycles. The van der Waals surface area contributed by atoms with E-state index in [0.717, 1.165) is 5.56 Å². The highest BCUT2D eigenvalue weighted by Crippen LogP contribution is 1.96. The third kappa shape index (κ3) is 6.42. The second-order valence-corrected chi connectivity index (χ2v) is 2.48. The van der Waals surface area contributed by atoms with Gasteiger partial charge >= 0.3 is 5.97 Å². The van der Waals surface area contributed by atoms with E-state index < -0.39 is 5.97 Å². The third-order valence-electron chi connectivity index (χ3n) is 1.45. The summed E-state index contributed by atoms with van der Waals surface area (Å²) in [5, 5.41) is 11.1. The number of hydrogen-bond acceptors (Lipinski definition) is 2. The molecule has 0 amide bonds. The Morgan fingerprint density at radius 2 is 1.86 bits per heavy atom. The Hall–Kier alpha value is -1.10. The Bertz CT molecular complexity index is 253. The molecule has 1 aromatic carbocycles. The number of carbonyl (C=O) groups is 1. The summed E-state index contributed by atoms with van der Waals surface area (Å²) in [5.74, 6) is -0.828. The van der Waals surface area contributed by atoms with Crippen LogP contribution in [0.1, 0.15) is 5.56 Å². The van der Waals surface area contributed by atoms with Gasteiger partial charge < -0.3 is 15.9 Å². The molecule has 80 valence electrons. The molecule has 14 heavy (non-hydrogen) atoms. The first-order valence-corrected chi connectivity index (χ1v) is 3.75. The number of rotatable bonds is 4. The lowest BCUT2D eigenvalue weighted by Gasteiger charge is -2.00. The van der Waals surface area contributed by atoms with E-state index in [9.17, 15) is 4.79 Å². The summed E-state index contributed by atoms with van der Waals surface area (Å²) in [5.41, 5.74) is 1.10. The molecule has 0 saturated carbocycles. The molecule has 4 nitrogen and oxygen atoms in total. The monoisotopic (exact) mass is 219 g/mol. The number of nitrogens with one attached hydrogen (secondary N) is 1. The van der Waals surface area contributed by atoms with Gasteiger partial charge in [0, 0.05) is 6.54 Å². The fourth-order valence-electron chi connectivity index (χ4n) is 0.910. The van der Waals surface area contributed by atoms with Gasteiger partial charge in [-0.3, -0.25) is 4.79 Å². The van der Waals surface area contributed by atoms with Gasteiger partial charge in [0.2, 0.25) is 0 Å². The number of hydrogen-bond donors (Lipinski definition) is 2. The van der Waals surface area contributed by atoms with Crippen LogP contribution in [0.4, 0.5) is 0 Å². The van der Waals surface area contributed by atoms with Gasteiger partial charge in [-0.25, -0.2) is 0 Å². The Kier molecular flexibility index (Phi) is 9.33. The number of carboxylic acids is 1. The van der Waals surface area contributed by atoms with Crippen molar-refractivity contribution in [3.05, 3.63) is 35.9 Å². The lowest BCUT2D eigenvalue weighted by atomic mass is 10.2. The van der Waals surface area contributed by atoms with Crippen LogP contribution in [0.3, 0.4) is 0 Å². The first-order valence-electron chi connectivity index (χ1n) is 3.75. The summed E-state index contributed by atoms with van der Waals surface area (Å²) in [6.07, 6.45) is 0. The SMILES string of the molecule is Cl.O.O=C(O)CNCc1ccccc1. The summed E-state index contributed by atoms with van der Waals surface area (Å²) < 4.78 is 0. The standard InChI is InChI=1S/C9H11NO2.ClH.H2O/c11-9(12)7-10-6-8-4-2-1-3-5-8;;/h1-5,10H,6-7H2,(H,11,12);1H;1H2. The molecular formula is C9H14ClNO3. The molecule has 0 aliphatic rings. The Morgan fingerprint density at radius 1 is 1.29 bits per heavy atom. The summed E-state index contributed by atoms with van der Waals surface area (Å²) >= 11 is 0. The molecule has 0 atom stereocenters. The number of halogens is 1. The van der Waals surface area contributed by atoms with Gasteiger partial charge in [-0.2, -0.15) is 0 Å². The summed E-state index contributed by atoms with van der Waals surface area (Å²) in [7, 11) is 0. The first kappa shape index (κ1) is 15.4. The lowest BCUT2D eigenvalue weighted by molar-refractivity contribution is -0.135. The minimum absolute atomic E-state index is 0. The van der Waals surface area contributed by atoms with E-state index in [4.69, 9.17) is 5.11 Å². The van der Waals surface area contributed by atoms with Crippen LogP contribution in [0, 0.1) is 0 Å². The highest BCUT2D eigenvalue weighted by atomic mass is 35.5. The van der Waals surface area contributed by atoms with Crippen molar-refractivity contribution in [2.45, 2.75) is 6.54 Å². The van der Waals surface area contributed by atoms with Crippen molar-refractivity contribution in [2.24, 2.45) is 0 Å². The van der Waals surface area contributed by atoms with Crippen LogP contribution in [0.5, 0.6) is 0 Å². The number of aliphatic carboxylic acids is 1. The van der Waals surface area contributed by atoms with E-state index in [0.29, 0.717) is 6.54 Å². The largest absolute Gasteiger partial charge is 0.480 e. The van der Waals surface area contributed by atoms with Crippen molar-refractivity contribution in [1.82, 2.24) is 5.32 Å². The quantitative estimate of drug-likeness (QED) is 0.772. The second kappa shape index (κ2) is 8.50. The number of carboxylic acid groups (broad SMARTS) is 1. The van der Waals surface area contributed by atoms with Gasteiger partial charge in [-0.1, -0.05) is 30.3 Å². The summed E-state index contributed by atoms with van der Waals surface area (Å²) in [6.45, 7) is 0.613. The predicted molar refractivity (Wildman–Crippen MR) is 56.6 cm³/mol. The smallest absolute Gasteiger partial charge is 0.317 e. The molecule has 0 aromatic heterocycles. The van der Waals surface area contributed by atoms with Gasteiger partial charge in [0.1, 0.15) is 0 Å². The van der Waals surface area contributed by atoms with Gasteiger partial charge in [0.15, 0.2) is 0 Å². The van der Waals surface area contributed by atoms with Gasteiger partial charge in [0.05, 0.1) is 6.54 Å². The van der Waals surface area contributed by atoms with Crippen molar-refractivity contribution in [1.29, 1.82) is 0 Å². The zero-order chi connectivity index (χ0) is 8.81. The van der Waals surface area contributed by atoms with E-state index in [-0.39, 0.29) is 24.4 Å². The minimum Gasteiger partial charge on any atom is -0.480 e. The normalized spacial score (nSPS) is 8.29. The van der Waals surface area contributed by atoms with Crippen LogP contribution < -0.4 is 5.32 Å². The molecule has 0 spiro atoms. The molecule has 0 saturated heterocycles. The van der Waals surface area contributed by atoms with Gasteiger partial charge in [-0.05, 0) is 5.56 Å². The molecule has 1 aromatic rings. The molecule has 0 fully saturated rings. The summed E-state index contributed by atoms with van der Waals surface area (Å²) in [6, 6.07) is 9.69. The Morgan fingerprint density at radius 3 is 2.36 bits per heavy atom. The average molecular weight is 220 g/mol. The van der Waals surface area contributed by atoms with Crippen LogP contribution >= 0.6 is 12.4 Å². The molecule has 0 radical (unpaired) electrons. The van der Waals surface area contributed by atoms with E-state index in [1.165, 1.54) is 0 Å². The topological polar surface area (TPSA) is 80.8 Å². The molecule has 0 unspecified atom stereocenters. The molecule has 0 bridgehead atoms. The van der Waals surface area contributed by atoms with Crippen LogP contribution in [0.25, 0.3) is 0 Å². The predicted octanol–water partition coefficient (Wildman–Crippen LogP) is 0.458. The Balaban J connectivity index is 0. The van der Waals surface area contributed by atoms with Crippen molar-refractivity contribution < 1.29 is 15.4 Å². The third-order valence-corrected chi connectivity index (χ3v) is 1.45. The lowest BCUT2D eigenvalue weighted by Crippen LogP contribution is -2.21. The van der Waals surface area contributed by atoms with E-state index in [2.05, 4.69) is 5.32 Å². The average Bonchev–Trinajstić information content (AvgIpc) is 2.05. The van der Waals surface area contributed by atoms with Crippen LogP contribution in [0.2, 0.25) is 0 Å². The van der Waals surface area contributed by atoms with Gasteiger partial charge in [-0.15, -0.1) is 12.4 Å². The van der Waals surface area contributed by atoms with E-state index in [1.807, 2.05) is 30.3 Å². The fraction of sp³-hybridized carbons (Fsp3) is 0.222. The minimum atomic E-state index is -0.828. The maximum Gasteiger partial charge on any atom is 0.317 e. The second-order valence-electron chi connectivity index (χ2n) is 2.48. The van der Waals surface area contributed by atoms with E-state index >= 15 is 0 Å². The van der Waals surface area contributed by atoms with Crippen LogP contribution in [0.15, 0.2) is 30.3 Å². The maximum absolute atomic E-state index is 10.1. The number of benzene rings is 1. The zero-order valence-electron chi connectivity index (χ0n) is 7.56. The van der Waals surface area contributed by atoms with E-state index in [1.54, 1.807) is 0 Å². The molecule has 0 aliphatic carbocycles. The van der Waals surface area contributed by atoms with Crippen molar-refractivity contribution >= 4 is 18.4 Å². The zero-order valence-corrected chi connectivity index (χ0v) is 8.38. The van der Waals surface area contributed by atoms with Crippen LogP contribution in [-0.2, 0) is 11.3 Å². The van der Waals surface area contributed by atoms with Crippen LogP contribution in [-0.4, -0.2) is 23.1 Å². The Labute approximate surface area is 88.7 Å². The van der Waals surface area contributed by atoms with Gasteiger partial charge in [0.25, 0.3) is 0 Å². The molecule has 0 heterocycles. The molecule has 1 rings (SSSR count). The molecule has 5 heteroatoms. The highest BCUT2D eigenvalue weighted by Gasteiger charge is 1.94. The molecule has 4 N–H and O–H groups in total. The van der Waals surface area contributed by atoms with Crippen molar-refractivity contribution in [3.8, 4) is 0 Å². The maximum atomic E-state index is 10.1. The van der Waals surface area contributed by atoms with Crippen molar-refractivity contribution in [3.63, 3.8) is 0 Å².